The number of nitrogens with one attached hydrogen (secondary N) is 2. The molecule has 3 N–H and O–H groups in total. The molecule has 0 saturated heterocycles. The van der Waals surface area contributed by atoms with E-state index in [1.807, 2.05) is 60.7 Å². The number of aromatic hydroxyl groups is 1. The molecule has 0 aliphatic rings. The number of nitrogens with zero attached hydrogens (tertiary/aromatic N) is 2. The summed E-state index contributed by atoms with van der Waals surface area (Å²) >= 11 is 0. The van der Waals surface area contributed by atoms with Gasteiger partial charge < -0.3 is 15.7 Å². The van der Waals surface area contributed by atoms with Crippen LogP contribution in [0.5, 0.6) is 5.75 Å². The Morgan fingerprint density at radius 2 is 1.33 bits per heavy atom. The van der Waals surface area contributed by atoms with Gasteiger partial charge in [0.2, 0.25) is 0 Å². The summed E-state index contributed by atoms with van der Waals surface area (Å²) in [5.74, 6) is -0.759. The van der Waals surface area contributed by atoms with Crippen molar-refractivity contribution < 1.29 is 14.7 Å². The topological polar surface area (TPSA) is 96.3 Å². The van der Waals surface area contributed by atoms with Crippen molar-refractivity contribution in [2.45, 2.75) is 6.54 Å². The molecule has 4 aromatic rings. The zero-order chi connectivity index (χ0) is 23.0. The van der Waals surface area contributed by atoms with Gasteiger partial charge in [-0.05, 0) is 17.7 Å². The predicted molar refractivity (Wildman–Crippen MR) is 126 cm³/mol. The smallest absolute Gasteiger partial charge is 0.255 e. The highest BCUT2D eigenvalue weighted by molar-refractivity contribution is 6.00. The van der Waals surface area contributed by atoms with Gasteiger partial charge in [0, 0.05) is 24.8 Å². The Morgan fingerprint density at radius 3 is 2.00 bits per heavy atom. The SMILES string of the molecule is O=C(NCCNC(=O)c1cn(Cc2ccccc2)nc1-c1ccccc1)c1ccccc1O. The van der Waals surface area contributed by atoms with Crippen LogP contribution >= 0.6 is 0 Å². The summed E-state index contributed by atoms with van der Waals surface area (Å²) in [4.78, 5) is 25.2. The maximum Gasteiger partial charge on any atom is 0.255 e. The lowest BCUT2D eigenvalue weighted by molar-refractivity contribution is 0.0926. The van der Waals surface area contributed by atoms with Crippen molar-refractivity contribution in [1.82, 2.24) is 20.4 Å². The van der Waals surface area contributed by atoms with E-state index in [1.54, 1.807) is 23.0 Å². The van der Waals surface area contributed by atoms with Gasteiger partial charge in [-0.3, -0.25) is 14.3 Å². The van der Waals surface area contributed by atoms with Crippen molar-refractivity contribution in [1.29, 1.82) is 0 Å². The Balaban J connectivity index is 1.43. The summed E-state index contributed by atoms with van der Waals surface area (Å²) in [6, 6.07) is 25.8. The summed E-state index contributed by atoms with van der Waals surface area (Å²) < 4.78 is 1.76. The normalized spacial score (nSPS) is 10.5. The quantitative estimate of drug-likeness (QED) is 0.366. The summed E-state index contributed by atoms with van der Waals surface area (Å²) in [5.41, 5.74) is 3.18. The molecule has 0 radical (unpaired) electrons. The molecular formula is C26H24N4O3. The first kappa shape index (κ1) is 21.8. The molecule has 0 fully saturated rings. The molecule has 33 heavy (non-hydrogen) atoms. The van der Waals surface area contributed by atoms with E-state index in [2.05, 4.69) is 15.7 Å². The number of benzene rings is 3. The molecular weight excluding hydrogens is 416 g/mol. The number of amides is 2. The van der Waals surface area contributed by atoms with Crippen LogP contribution in [-0.2, 0) is 6.54 Å². The average molecular weight is 441 g/mol. The number of hydrogen-bond acceptors (Lipinski definition) is 4. The lowest BCUT2D eigenvalue weighted by atomic mass is 10.1. The molecule has 7 nitrogen and oxygen atoms in total. The average Bonchev–Trinajstić information content (AvgIpc) is 3.27. The monoisotopic (exact) mass is 440 g/mol. The zero-order valence-electron chi connectivity index (χ0n) is 17.9. The first-order valence-electron chi connectivity index (χ1n) is 10.6. The van der Waals surface area contributed by atoms with Crippen LogP contribution in [-0.4, -0.2) is 39.8 Å². The van der Waals surface area contributed by atoms with Gasteiger partial charge in [-0.2, -0.15) is 5.10 Å². The Labute approximate surface area is 191 Å². The number of phenols is 1. The maximum absolute atomic E-state index is 13.0. The largest absolute Gasteiger partial charge is 0.507 e. The molecule has 7 heteroatoms. The molecule has 0 aliphatic carbocycles. The van der Waals surface area contributed by atoms with Gasteiger partial charge in [-0.1, -0.05) is 72.8 Å². The second-order valence-electron chi connectivity index (χ2n) is 7.47. The highest BCUT2D eigenvalue weighted by Crippen LogP contribution is 2.22. The van der Waals surface area contributed by atoms with Crippen molar-refractivity contribution in [3.05, 3.63) is 108 Å². The third-order valence-electron chi connectivity index (χ3n) is 5.09. The molecule has 1 aromatic heterocycles. The van der Waals surface area contributed by atoms with E-state index < -0.39 is 5.91 Å². The van der Waals surface area contributed by atoms with Gasteiger partial charge in [0.25, 0.3) is 11.8 Å². The van der Waals surface area contributed by atoms with E-state index in [-0.39, 0.29) is 30.3 Å². The van der Waals surface area contributed by atoms with Crippen LogP contribution < -0.4 is 10.6 Å². The highest BCUT2D eigenvalue weighted by Gasteiger charge is 2.18. The number of carbonyl (C=O) groups is 2. The minimum absolute atomic E-state index is 0.0858. The molecule has 3 aromatic carbocycles. The van der Waals surface area contributed by atoms with Crippen molar-refractivity contribution in [3.63, 3.8) is 0 Å². The van der Waals surface area contributed by atoms with Crippen LogP contribution in [0.15, 0.2) is 91.1 Å². The molecule has 1 heterocycles. The van der Waals surface area contributed by atoms with Gasteiger partial charge in [0.15, 0.2) is 0 Å². The van der Waals surface area contributed by atoms with Crippen molar-refractivity contribution in [2.24, 2.45) is 0 Å². The van der Waals surface area contributed by atoms with E-state index >= 15 is 0 Å². The van der Waals surface area contributed by atoms with Gasteiger partial charge >= 0.3 is 0 Å². The van der Waals surface area contributed by atoms with Crippen LogP contribution in [0.4, 0.5) is 0 Å². The molecule has 2 amide bonds. The highest BCUT2D eigenvalue weighted by atomic mass is 16.3. The second kappa shape index (κ2) is 10.3. The van der Waals surface area contributed by atoms with E-state index in [4.69, 9.17) is 0 Å². The number of carbonyl (C=O) groups excluding carboxylic acids is 2. The number of rotatable bonds is 8. The predicted octanol–water partition coefficient (Wildman–Crippen LogP) is 3.46. The minimum atomic E-state index is -0.400. The van der Waals surface area contributed by atoms with E-state index in [1.165, 1.54) is 12.1 Å². The number of hydrogen-bond donors (Lipinski definition) is 3. The fraction of sp³-hybridized carbons (Fsp3) is 0.115. The van der Waals surface area contributed by atoms with Gasteiger partial charge in [0.05, 0.1) is 17.7 Å². The number of aromatic nitrogens is 2. The number of phenolic OH excluding ortho intramolecular Hbond substituents is 1. The van der Waals surface area contributed by atoms with Crippen LogP contribution in [0.25, 0.3) is 11.3 Å². The molecule has 0 atom stereocenters. The van der Waals surface area contributed by atoms with E-state index in [9.17, 15) is 14.7 Å². The van der Waals surface area contributed by atoms with Crippen molar-refractivity contribution in [2.75, 3.05) is 13.1 Å². The second-order valence-corrected chi connectivity index (χ2v) is 7.47. The van der Waals surface area contributed by atoms with Gasteiger partial charge in [-0.15, -0.1) is 0 Å². The Kier molecular flexibility index (Phi) is 6.80. The molecule has 4 rings (SSSR count). The van der Waals surface area contributed by atoms with Crippen molar-refractivity contribution in [3.8, 4) is 17.0 Å². The Morgan fingerprint density at radius 1 is 0.758 bits per heavy atom. The summed E-state index contributed by atoms with van der Waals surface area (Å²) in [5, 5.41) is 20.0. The van der Waals surface area contributed by atoms with Gasteiger partial charge in [0.1, 0.15) is 11.4 Å². The zero-order valence-corrected chi connectivity index (χ0v) is 17.9. The fourth-order valence-electron chi connectivity index (χ4n) is 3.46. The number of para-hydroxylation sites is 1. The Bertz CT molecular complexity index is 1240. The minimum Gasteiger partial charge on any atom is -0.507 e. The van der Waals surface area contributed by atoms with Crippen LogP contribution in [0.1, 0.15) is 26.3 Å². The lowest BCUT2D eigenvalue weighted by Gasteiger charge is -2.08. The van der Waals surface area contributed by atoms with Crippen LogP contribution in [0, 0.1) is 0 Å². The van der Waals surface area contributed by atoms with Crippen molar-refractivity contribution >= 4 is 11.8 Å². The summed E-state index contributed by atoms with van der Waals surface area (Å²) in [6.07, 6.45) is 1.74. The molecule has 166 valence electrons. The third kappa shape index (κ3) is 5.46. The molecule has 0 spiro atoms. The first-order chi connectivity index (χ1) is 16.1. The molecule has 0 saturated carbocycles. The lowest BCUT2D eigenvalue weighted by Crippen LogP contribution is -2.34. The summed E-state index contributed by atoms with van der Waals surface area (Å²) in [7, 11) is 0. The fourth-order valence-corrected chi connectivity index (χ4v) is 3.46. The van der Waals surface area contributed by atoms with Gasteiger partial charge in [-0.25, -0.2) is 0 Å². The standard InChI is InChI=1S/C26H24N4O3/c31-23-14-8-7-13-21(23)25(32)27-15-16-28-26(33)22-18-30(17-19-9-3-1-4-10-19)29-24(22)20-11-5-2-6-12-20/h1-14,18,31H,15-17H2,(H,27,32)(H,28,33). The van der Waals surface area contributed by atoms with E-state index in [0.717, 1.165) is 11.1 Å². The molecule has 0 aliphatic heterocycles. The maximum atomic E-state index is 13.0. The summed E-state index contributed by atoms with van der Waals surface area (Å²) in [6.45, 7) is 0.999. The Hall–Kier alpha value is -4.39. The first-order valence-corrected chi connectivity index (χ1v) is 10.6. The third-order valence-corrected chi connectivity index (χ3v) is 5.09. The molecule has 0 bridgehead atoms. The molecule has 0 unspecified atom stereocenters. The van der Waals surface area contributed by atoms with E-state index in [0.29, 0.717) is 17.8 Å². The van der Waals surface area contributed by atoms with Crippen LogP contribution in [0.2, 0.25) is 0 Å². The van der Waals surface area contributed by atoms with Crippen LogP contribution in [0.3, 0.4) is 0 Å².